The van der Waals surface area contributed by atoms with Crippen molar-refractivity contribution in [3.63, 3.8) is 0 Å². The maximum Gasteiger partial charge on any atom is 0.233 e. The molecular weight excluding hydrogens is 518 g/mol. The van der Waals surface area contributed by atoms with E-state index in [0.29, 0.717) is 49.3 Å². The SMILES string of the molecule is CCCN1C(=O)[C@@H]2[C@@H](CC(COc3ccccc3)=C([C@H](O)CC/C(=C/c3cc(C)c(O)c(C)c3)CC)[C@@H]2CO)C1=O. The highest BCUT2D eigenvalue weighted by atomic mass is 16.5. The fourth-order valence-corrected chi connectivity index (χ4v) is 6.43. The van der Waals surface area contributed by atoms with Crippen LogP contribution in [0.3, 0.4) is 0 Å². The van der Waals surface area contributed by atoms with E-state index in [9.17, 15) is 24.9 Å². The van der Waals surface area contributed by atoms with Gasteiger partial charge in [-0.05, 0) is 98.1 Å². The number of nitrogens with zero attached hydrogens (tertiary/aromatic N) is 1. The second-order valence-corrected chi connectivity index (χ2v) is 11.3. The van der Waals surface area contributed by atoms with Gasteiger partial charge in [0.15, 0.2) is 0 Å². The largest absolute Gasteiger partial charge is 0.507 e. The number of hydrogen-bond acceptors (Lipinski definition) is 6. The number of ether oxygens (including phenoxy) is 1. The van der Waals surface area contributed by atoms with Gasteiger partial charge in [0.1, 0.15) is 18.1 Å². The highest BCUT2D eigenvalue weighted by Crippen LogP contribution is 2.46. The highest BCUT2D eigenvalue weighted by molar-refractivity contribution is 6.05. The number of carbonyl (C=O) groups excluding carboxylic acids is 2. The zero-order valence-corrected chi connectivity index (χ0v) is 24.6. The molecule has 2 aromatic rings. The Kier molecular flexibility index (Phi) is 10.1. The Morgan fingerprint density at radius 2 is 1.78 bits per heavy atom. The van der Waals surface area contributed by atoms with Crippen LogP contribution in [0.5, 0.6) is 11.5 Å². The van der Waals surface area contributed by atoms with E-state index in [1.807, 2.05) is 63.2 Å². The molecule has 0 bridgehead atoms. The van der Waals surface area contributed by atoms with E-state index in [1.165, 1.54) is 4.90 Å². The van der Waals surface area contributed by atoms with Gasteiger partial charge in [-0.3, -0.25) is 14.5 Å². The van der Waals surface area contributed by atoms with Gasteiger partial charge < -0.3 is 20.1 Å². The van der Waals surface area contributed by atoms with Crippen LogP contribution in [0.25, 0.3) is 6.08 Å². The third kappa shape index (κ3) is 6.57. The fourth-order valence-electron chi connectivity index (χ4n) is 6.43. The Morgan fingerprint density at radius 3 is 2.39 bits per heavy atom. The second kappa shape index (κ2) is 13.5. The number of hydrogen-bond donors (Lipinski definition) is 3. The number of carbonyl (C=O) groups is 2. The molecule has 2 amide bonds. The average Bonchev–Trinajstić information content (AvgIpc) is 3.21. The van der Waals surface area contributed by atoms with Crippen LogP contribution in [-0.4, -0.2) is 57.9 Å². The molecule has 4 rings (SSSR count). The summed E-state index contributed by atoms with van der Waals surface area (Å²) in [4.78, 5) is 28.0. The Balaban J connectivity index is 1.62. The number of aryl methyl sites for hydroxylation is 2. The molecule has 3 N–H and O–H groups in total. The summed E-state index contributed by atoms with van der Waals surface area (Å²) in [5.41, 5.74) is 5.20. The van der Waals surface area contributed by atoms with Gasteiger partial charge in [-0.1, -0.05) is 43.7 Å². The molecular formula is C34H43NO6. The van der Waals surface area contributed by atoms with Gasteiger partial charge >= 0.3 is 0 Å². The molecule has 0 spiro atoms. The molecule has 4 atom stereocenters. The van der Waals surface area contributed by atoms with Crippen molar-refractivity contribution in [3.8, 4) is 11.5 Å². The standard InChI is InChI=1S/C34H43NO6/c1-5-14-35-33(39)27-18-25(20-41-26-10-8-7-9-11-26)30(28(19-36)31(27)34(35)40)29(37)13-12-23(6-2)17-24-15-21(3)32(38)22(4)16-24/h7-11,15-17,27-29,31,36-38H,5-6,12-14,18-20H2,1-4H3/b23-17+/t27-,28+,29-,31-/m1/s1. The van der Waals surface area contributed by atoms with E-state index in [4.69, 9.17) is 4.74 Å². The maximum absolute atomic E-state index is 13.4. The summed E-state index contributed by atoms with van der Waals surface area (Å²) in [6.45, 7) is 7.96. The molecule has 1 heterocycles. The summed E-state index contributed by atoms with van der Waals surface area (Å²) in [6, 6.07) is 13.3. The number of phenolic OH excluding ortho intramolecular Hbond substituents is 1. The van der Waals surface area contributed by atoms with Crippen LogP contribution in [-0.2, 0) is 9.59 Å². The monoisotopic (exact) mass is 561 g/mol. The molecule has 41 heavy (non-hydrogen) atoms. The molecule has 1 fully saturated rings. The smallest absolute Gasteiger partial charge is 0.233 e. The van der Waals surface area contributed by atoms with Crippen molar-refractivity contribution in [2.75, 3.05) is 19.8 Å². The van der Waals surface area contributed by atoms with E-state index < -0.39 is 23.9 Å². The topological polar surface area (TPSA) is 107 Å². The molecule has 220 valence electrons. The van der Waals surface area contributed by atoms with Crippen LogP contribution in [0.1, 0.15) is 62.6 Å². The molecule has 0 saturated carbocycles. The van der Waals surface area contributed by atoms with E-state index in [2.05, 4.69) is 13.0 Å². The highest BCUT2D eigenvalue weighted by Gasteiger charge is 2.54. The first kappa shape index (κ1) is 30.5. The van der Waals surface area contributed by atoms with E-state index in [1.54, 1.807) is 0 Å². The number of amides is 2. The van der Waals surface area contributed by atoms with Crippen molar-refractivity contribution >= 4 is 17.9 Å². The van der Waals surface area contributed by atoms with Gasteiger partial charge in [0.05, 0.1) is 24.5 Å². The lowest BCUT2D eigenvalue weighted by molar-refractivity contribution is -0.140. The number of aromatic hydroxyl groups is 1. The van der Waals surface area contributed by atoms with E-state index in [0.717, 1.165) is 34.3 Å². The number of rotatable bonds is 12. The molecule has 0 radical (unpaired) electrons. The Bertz CT molecular complexity index is 1290. The van der Waals surface area contributed by atoms with Gasteiger partial charge in [0.25, 0.3) is 0 Å². The number of imide groups is 1. The number of phenols is 1. The van der Waals surface area contributed by atoms with E-state index in [-0.39, 0.29) is 25.0 Å². The van der Waals surface area contributed by atoms with Crippen LogP contribution in [0, 0.1) is 31.6 Å². The first-order valence-electron chi connectivity index (χ1n) is 14.7. The number of para-hydroxylation sites is 1. The summed E-state index contributed by atoms with van der Waals surface area (Å²) >= 11 is 0. The van der Waals surface area contributed by atoms with Crippen molar-refractivity contribution < 1.29 is 29.6 Å². The number of benzene rings is 2. The number of allylic oxidation sites excluding steroid dienone is 1. The molecule has 7 nitrogen and oxygen atoms in total. The van der Waals surface area contributed by atoms with Gasteiger partial charge in [-0.15, -0.1) is 0 Å². The minimum atomic E-state index is -0.899. The third-order valence-corrected chi connectivity index (χ3v) is 8.51. The third-order valence-electron chi connectivity index (χ3n) is 8.51. The average molecular weight is 562 g/mol. The minimum Gasteiger partial charge on any atom is -0.507 e. The minimum absolute atomic E-state index is 0.175. The summed E-state index contributed by atoms with van der Waals surface area (Å²) in [5.74, 6) is -1.34. The molecule has 0 aromatic heterocycles. The lowest BCUT2D eigenvalue weighted by Crippen LogP contribution is -2.40. The molecule has 1 saturated heterocycles. The normalized spacial score (nSPS) is 21.9. The summed E-state index contributed by atoms with van der Waals surface area (Å²) in [6.07, 6.45) is 4.02. The van der Waals surface area contributed by atoms with Crippen molar-refractivity contribution in [2.45, 2.75) is 65.9 Å². The van der Waals surface area contributed by atoms with Crippen LogP contribution >= 0.6 is 0 Å². The number of aliphatic hydroxyl groups excluding tert-OH is 2. The van der Waals surface area contributed by atoms with Gasteiger partial charge in [0.2, 0.25) is 11.8 Å². The summed E-state index contributed by atoms with van der Waals surface area (Å²) < 4.78 is 6.07. The molecule has 2 aliphatic rings. The molecule has 2 aromatic carbocycles. The van der Waals surface area contributed by atoms with Gasteiger partial charge in [-0.2, -0.15) is 0 Å². The van der Waals surface area contributed by atoms with Gasteiger partial charge in [0, 0.05) is 12.5 Å². The zero-order chi connectivity index (χ0) is 29.7. The van der Waals surface area contributed by atoms with Crippen LogP contribution in [0.2, 0.25) is 0 Å². The first-order valence-corrected chi connectivity index (χ1v) is 14.7. The predicted molar refractivity (Wildman–Crippen MR) is 159 cm³/mol. The Hall–Kier alpha value is -3.42. The predicted octanol–water partition coefficient (Wildman–Crippen LogP) is 5.34. The zero-order valence-electron chi connectivity index (χ0n) is 24.6. The maximum atomic E-state index is 13.4. The van der Waals surface area contributed by atoms with E-state index >= 15 is 0 Å². The number of fused-ring (bicyclic) bond motifs is 1. The Morgan fingerprint density at radius 1 is 1.10 bits per heavy atom. The summed E-state index contributed by atoms with van der Waals surface area (Å²) in [5, 5.41) is 32.3. The van der Waals surface area contributed by atoms with Crippen LogP contribution < -0.4 is 4.74 Å². The van der Waals surface area contributed by atoms with Crippen molar-refractivity contribution in [3.05, 3.63) is 75.9 Å². The quantitative estimate of drug-likeness (QED) is 0.239. The van der Waals surface area contributed by atoms with Gasteiger partial charge in [-0.25, -0.2) is 0 Å². The summed E-state index contributed by atoms with van der Waals surface area (Å²) in [7, 11) is 0. The lowest BCUT2D eigenvalue weighted by atomic mass is 9.68. The van der Waals surface area contributed by atoms with Crippen molar-refractivity contribution in [1.29, 1.82) is 0 Å². The molecule has 0 unspecified atom stereocenters. The second-order valence-electron chi connectivity index (χ2n) is 11.3. The number of likely N-dealkylation sites (tertiary alicyclic amines) is 1. The molecule has 7 heteroatoms. The van der Waals surface area contributed by atoms with Crippen LogP contribution in [0.4, 0.5) is 0 Å². The van der Waals surface area contributed by atoms with Crippen LogP contribution in [0.15, 0.2) is 59.2 Å². The van der Waals surface area contributed by atoms with Crippen molar-refractivity contribution in [1.82, 2.24) is 4.90 Å². The first-order chi connectivity index (χ1) is 19.7. The van der Waals surface area contributed by atoms with Crippen molar-refractivity contribution in [2.24, 2.45) is 17.8 Å². The molecule has 1 aliphatic carbocycles. The fraction of sp³-hybridized carbons (Fsp3) is 0.471. The number of aliphatic hydroxyl groups is 2. The lowest BCUT2D eigenvalue weighted by Gasteiger charge is -2.36. The molecule has 1 aliphatic heterocycles. The Labute approximate surface area is 243 Å².